The van der Waals surface area contributed by atoms with E-state index in [9.17, 15) is 13.6 Å². The molecule has 2 aromatic rings. The largest absolute Gasteiger partial charge is 0.486 e. The van der Waals surface area contributed by atoms with Crippen molar-refractivity contribution in [3.8, 4) is 11.5 Å². The Morgan fingerprint density at radius 3 is 2.59 bits per heavy atom. The molecule has 1 atom stereocenters. The number of hydrogen-bond acceptors (Lipinski definition) is 4. The van der Waals surface area contributed by atoms with Gasteiger partial charge in [0.25, 0.3) is 0 Å². The highest BCUT2D eigenvalue weighted by atomic mass is 32.2. The minimum atomic E-state index is -0.540. The van der Waals surface area contributed by atoms with Crippen LogP contribution in [0.1, 0.15) is 25.5 Å². The highest BCUT2D eigenvalue weighted by Crippen LogP contribution is 2.34. The van der Waals surface area contributed by atoms with E-state index in [0.717, 1.165) is 35.5 Å². The van der Waals surface area contributed by atoms with Crippen LogP contribution >= 0.6 is 11.8 Å². The first-order valence-electron chi connectivity index (χ1n) is 8.71. The van der Waals surface area contributed by atoms with Crippen LogP contribution in [0.5, 0.6) is 11.5 Å². The molecule has 4 nitrogen and oxygen atoms in total. The van der Waals surface area contributed by atoms with Crippen LogP contribution in [0.2, 0.25) is 0 Å². The van der Waals surface area contributed by atoms with Crippen molar-refractivity contribution in [2.45, 2.75) is 24.8 Å². The highest BCUT2D eigenvalue weighted by molar-refractivity contribution is 8.00. The lowest BCUT2D eigenvalue weighted by atomic mass is 9.95. The van der Waals surface area contributed by atoms with Gasteiger partial charge in [0.05, 0.1) is 11.8 Å². The summed E-state index contributed by atoms with van der Waals surface area (Å²) in [6, 6.07) is 8.58. The summed E-state index contributed by atoms with van der Waals surface area (Å²) in [6.45, 7) is 5.01. The first kappa shape index (κ1) is 19.5. The van der Waals surface area contributed by atoms with Gasteiger partial charge in [0.2, 0.25) is 5.91 Å². The van der Waals surface area contributed by atoms with Gasteiger partial charge in [0.1, 0.15) is 24.8 Å². The SMILES string of the molecule is CC(C)[C@H](NC(=O)CSc1cc(F)ccc1F)c1ccc2c(c1)OCCO2. The first-order valence-corrected chi connectivity index (χ1v) is 9.69. The zero-order valence-electron chi connectivity index (χ0n) is 15.1. The molecule has 0 saturated carbocycles. The summed E-state index contributed by atoms with van der Waals surface area (Å²) in [4.78, 5) is 12.5. The minimum Gasteiger partial charge on any atom is -0.486 e. The van der Waals surface area contributed by atoms with Crippen LogP contribution in [0.3, 0.4) is 0 Å². The molecule has 7 heteroatoms. The van der Waals surface area contributed by atoms with E-state index in [1.807, 2.05) is 32.0 Å². The molecule has 1 N–H and O–H groups in total. The molecule has 27 heavy (non-hydrogen) atoms. The third kappa shape index (κ3) is 4.91. The maximum absolute atomic E-state index is 13.7. The second-order valence-electron chi connectivity index (χ2n) is 6.56. The van der Waals surface area contributed by atoms with Crippen molar-refractivity contribution < 1.29 is 23.0 Å². The fourth-order valence-electron chi connectivity index (χ4n) is 2.83. The molecular weight excluding hydrogens is 372 g/mol. The predicted molar refractivity (Wildman–Crippen MR) is 100 cm³/mol. The Balaban J connectivity index is 1.67. The maximum atomic E-state index is 13.7. The number of nitrogens with one attached hydrogen (secondary N) is 1. The summed E-state index contributed by atoms with van der Waals surface area (Å²) in [5.74, 6) is 0.154. The lowest BCUT2D eigenvalue weighted by molar-refractivity contribution is -0.119. The lowest BCUT2D eigenvalue weighted by Gasteiger charge is -2.25. The van der Waals surface area contributed by atoms with Crippen LogP contribution in [-0.2, 0) is 4.79 Å². The number of ether oxygens (including phenoxy) is 2. The molecule has 1 aliphatic heterocycles. The molecular formula is C20H21F2NO3S. The van der Waals surface area contributed by atoms with Gasteiger partial charge in [-0.05, 0) is 41.8 Å². The van der Waals surface area contributed by atoms with Crippen molar-refractivity contribution in [1.29, 1.82) is 0 Å². The average Bonchev–Trinajstić information content (AvgIpc) is 2.66. The number of hydrogen-bond donors (Lipinski definition) is 1. The molecule has 0 radical (unpaired) electrons. The number of halogens is 2. The van der Waals surface area contributed by atoms with E-state index >= 15 is 0 Å². The van der Waals surface area contributed by atoms with Gasteiger partial charge in [0, 0.05) is 4.90 Å². The van der Waals surface area contributed by atoms with Gasteiger partial charge in [-0.25, -0.2) is 8.78 Å². The maximum Gasteiger partial charge on any atom is 0.230 e. The van der Waals surface area contributed by atoms with Crippen LogP contribution in [0.25, 0.3) is 0 Å². The van der Waals surface area contributed by atoms with Gasteiger partial charge in [-0.15, -0.1) is 11.8 Å². The molecule has 1 amide bonds. The summed E-state index contributed by atoms with van der Waals surface area (Å²) in [5.41, 5.74) is 0.907. The monoisotopic (exact) mass is 393 g/mol. The number of carbonyl (C=O) groups is 1. The molecule has 0 spiro atoms. The van der Waals surface area contributed by atoms with Crippen LogP contribution < -0.4 is 14.8 Å². The van der Waals surface area contributed by atoms with E-state index in [1.165, 1.54) is 0 Å². The molecule has 2 aromatic carbocycles. The second-order valence-corrected chi connectivity index (χ2v) is 7.57. The summed E-state index contributed by atoms with van der Waals surface area (Å²) in [7, 11) is 0. The van der Waals surface area contributed by atoms with Gasteiger partial charge in [-0.2, -0.15) is 0 Å². The van der Waals surface area contributed by atoms with Crippen molar-refractivity contribution in [2.75, 3.05) is 19.0 Å². The summed E-state index contributed by atoms with van der Waals surface area (Å²) < 4.78 is 38.1. The zero-order valence-corrected chi connectivity index (χ0v) is 15.9. The minimum absolute atomic E-state index is 0.00581. The number of carbonyl (C=O) groups excluding carboxylic acids is 1. The van der Waals surface area contributed by atoms with E-state index in [4.69, 9.17) is 9.47 Å². The van der Waals surface area contributed by atoms with Crippen LogP contribution in [0.4, 0.5) is 8.78 Å². The molecule has 3 rings (SSSR count). The fraction of sp³-hybridized carbons (Fsp3) is 0.350. The number of thioether (sulfide) groups is 1. The Hall–Kier alpha value is -2.28. The van der Waals surface area contributed by atoms with Gasteiger partial charge in [-0.3, -0.25) is 4.79 Å². The highest BCUT2D eigenvalue weighted by Gasteiger charge is 2.21. The van der Waals surface area contributed by atoms with Gasteiger partial charge < -0.3 is 14.8 Å². The van der Waals surface area contributed by atoms with Gasteiger partial charge in [-0.1, -0.05) is 19.9 Å². The van der Waals surface area contributed by atoms with Crippen molar-refractivity contribution in [2.24, 2.45) is 5.92 Å². The average molecular weight is 393 g/mol. The smallest absolute Gasteiger partial charge is 0.230 e. The fourth-order valence-corrected chi connectivity index (χ4v) is 3.61. The van der Waals surface area contributed by atoms with E-state index in [2.05, 4.69) is 5.32 Å². The van der Waals surface area contributed by atoms with Crippen molar-refractivity contribution in [1.82, 2.24) is 5.32 Å². The van der Waals surface area contributed by atoms with E-state index < -0.39 is 11.6 Å². The van der Waals surface area contributed by atoms with Crippen molar-refractivity contribution >= 4 is 17.7 Å². The van der Waals surface area contributed by atoms with Crippen LogP contribution in [0, 0.1) is 17.6 Å². The number of benzene rings is 2. The van der Waals surface area contributed by atoms with E-state index in [1.54, 1.807) is 0 Å². The van der Waals surface area contributed by atoms with Crippen molar-refractivity contribution in [3.05, 3.63) is 53.6 Å². The lowest BCUT2D eigenvalue weighted by Crippen LogP contribution is -2.33. The quantitative estimate of drug-likeness (QED) is 0.742. The Kier molecular flexibility index (Phi) is 6.21. The molecule has 0 bridgehead atoms. The molecule has 0 fully saturated rings. The number of fused-ring (bicyclic) bond motifs is 1. The standard InChI is InChI=1S/C20H21F2NO3S/c1-12(2)20(13-3-6-16-17(9-13)26-8-7-25-16)23-19(24)11-27-18-10-14(21)4-5-15(18)22/h3-6,9-10,12,20H,7-8,11H2,1-2H3,(H,23,24)/t20-/m0/s1. The topological polar surface area (TPSA) is 47.6 Å². The molecule has 144 valence electrons. The summed E-state index contributed by atoms with van der Waals surface area (Å²) in [6.07, 6.45) is 0. The van der Waals surface area contributed by atoms with Crippen LogP contribution in [-0.4, -0.2) is 24.9 Å². The Morgan fingerprint density at radius 2 is 1.85 bits per heavy atom. The normalized spacial score (nSPS) is 14.1. The molecule has 1 aliphatic rings. The Morgan fingerprint density at radius 1 is 1.11 bits per heavy atom. The van der Waals surface area contributed by atoms with Crippen LogP contribution in [0.15, 0.2) is 41.3 Å². The molecule has 0 aromatic heterocycles. The van der Waals surface area contributed by atoms with Gasteiger partial charge in [0.15, 0.2) is 11.5 Å². The molecule has 0 saturated heterocycles. The summed E-state index contributed by atoms with van der Waals surface area (Å²) >= 11 is 0.969. The Bertz CT molecular complexity index is 829. The molecule has 0 unspecified atom stereocenters. The van der Waals surface area contributed by atoms with Crippen molar-refractivity contribution in [3.63, 3.8) is 0 Å². The zero-order chi connectivity index (χ0) is 19.4. The first-order chi connectivity index (χ1) is 12.9. The number of amides is 1. The third-order valence-corrected chi connectivity index (χ3v) is 5.19. The van der Waals surface area contributed by atoms with E-state index in [-0.39, 0.29) is 28.5 Å². The second kappa shape index (κ2) is 8.61. The van der Waals surface area contributed by atoms with Gasteiger partial charge >= 0.3 is 0 Å². The molecule has 1 heterocycles. The predicted octanol–water partition coefficient (Wildman–Crippen LogP) is 4.34. The van der Waals surface area contributed by atoms with E-state index in [0.29, 0.717) is 24.7 Å². The molecule has 0 aliphatic carbocycles. The summed E-state index contributed by atoms with van der Waals surface area (Å²) in [5, 5.41) is 2.97. The Labute approximate surface area is 161 Å². The number of rotatable bonds is 6. The third-order valence-electron chi connectivity index (χ3n) is 4.16.